The predicted octanol–water partition coefficient (Wildman–Crippen LogP) is 4.39. The van der Waals surface area contributed by atoms with Gasteiger partial charge in [-0.15, -0.1) is 0 Å². The van der Waals surface area contributed by atoms with E-state index in [1.54, 1.807) is 18.2 Å². The minimum atomic E-state index is -1.12. The third-order valence-corrected chi connectivity index (χ3v) is 4.17. The average molecular weight is 316 g/mol. The highest BCUT2D eigenvalue weighted by molar-refractivity contribution is 6.01. The van der Waals surface area contributed by atoms with E-state index in [1.165, 1.54) is 5.56 Å². The van der Waals surface area contributed by atoms with Gasteiger partial charge in [0.15, 0.2) is 5.78 Å². The van der Waals surface area contributed by atoms with Crippen molar-refractivity contribution in [3.05, 3.63) is 107 Å². The Morgan fingerprint density at radius 1 is 0.750 bits per heavy atom. The number of Topliss-reactive ketones (excluding diaryl/α,β-unsaturated/α-hetero) is 1. The van der Waals surface area contributed by atoms with Crippen molar-refractivity contribution in [2.75, 3.05) is 0 Å². The number of carbonyl (C=O) groups excluding carboxylic acids is 1. The lowest BCUT2D eigenvalue weighted by molar-refractivity contribution is 0.0746. The largest absolute Gasteiger partial charge is 0.380 e. The van der Waals surface area contributed by atoms with Crippen LogP contribution in [0.4, 0.5) is 0 Å². The lowest BCUT2D eigenvalue weighted by Crippen LogP contribution is -2.14. The number of ketones is 1. The Hall–Kier alpha value is -2.71. The summed E-state index contributed by atoms with van der Waals surface area (Å²) in [6, 6.07) is 26.8. The maximum Gasteiger partial charge on any atom is 0.196 e. The number of hydrogen-bond donors (Lipinski definition) is 1. The molecular weight excluding hydrogens is 296 g/mol. The van der Waals surface area contributed by atoms with Crippen LogP contribution >= 0.6 is 0 Å². The van der Waals surface area contributed by atoms with Crippen molar-refractivity contribution < 1.29 is 9.90 Å². The number of aliphatic hydroxyl groups is 1. The molecule has 2 nitrogen and oxygen atoms in total. The number of carbonyl (C=O) groups is 1. The van der Waals surface area contributed by atoms with Gasteiger partial charge < -0.3 is 5.11 Å². The standard InChI is InChI=1S/C22H20O2/c23-21(19-12-5-2-6-13-19)22(24)20-14-8-7-11-18(20)16-15-17-9-3-1-4-10-17/h1-14,21,23H,15-16H2. The van der Waals surface area contributed by atoms with Gasteiger partial charge >= 0.3 is 0 Å². The summed E-state index contributed by atoms with van der Waals surface area (Å²) in [5.41, 5.74) is 3.44. The Morgan fingerprint density at radius 2 is 1.33 bits per heavy atom. The molecule has 0 heterocycles. The first-order valence-electron chi connectivity index (χ1n) is 8.15. The van der Waals surface area contributed by atoms with E-state index in [-0.39, 0.29) is 5.78 Å². The molecule has 0 amide bonds. The Bertz CT molecular complexity index is 794. The van der Waals surface area contributed by atoms with E-state index in [9.17, 15) is 9.90 Å². The molecule has 0 saturated carbocycles. The molecule has 3 aromatic carbocycles. The van der Waals surface area contributed by atoms with E-state index in [2.05, 4.69) is 12.1 Å². The van der Waals surface area contributed by atoms with E-state index in [4.69, 9.17) is 0 Å². The van der Waals surface area contributed by atoms with Gasteiger partial charge in [-0.05, 0) is 29.5 Å². The summed E-state index contributed by atoms with van der Waals surface area (Å²) in [4.78, 5) is 12.7. The van der Waals surface area contributed by atoms with E-state index in [1.807, 2.05) is 54.6 Å². The summed E-state index contributed by atoms with van der Waals surface area (Å²) in [6.45, 7) is 0. The highest BCUT2D eigenvalue weighted by Crippen LogP contribution is 2.21. The lowest BCUT2D eigenvalue weighted by Gasteiger charge is -2.13. The van der Waals surface area contributed by atoms with Crippen molar-refractivity contribution in [3.63, 3.8) is 0 Å². The van der Waals surface area contributed by atoms with Crippen molar-refractivity contribution in [2.45, 2.75) is 18.9 Å². The summed E-state index contributed by atoms with van der Waals surface area (Å²) in [7, 11) is 0. The quantitative estimate of drug-likeness (QED) is 0.685. The maximum absolute atomic E-state index is 12.7. The third kappa shape index (κ3) is 3.79. The van der Waals surface area contributed by atoms with Gasteiger partial charge in [-0.2, -0.15) is 0 Å². The highest BCUT2D eigenvalue weighted by atomic mass is 16.3. The molecule has 0 radical (unpaired) electrons. The number of aryl methyl sites for hydroxylation is 2. The zero-order chi connectivity index (χ0) is 16.8. The molecule has 1 unspecified atom stereocenters. The van der Waals surface area contributed by atoms with Gasteiger partial charge in [0, 0.05) is 5.56 Å². The molecule has 0 bridgehead atoms. The van der Waals surface area contributed by atoms with Crippen LogP contribution in [-0.4, -0.2) is 10.9 Å². The van der Waals surface area contributed by atoms with Crippen LogP contribution in [0.3, 0.4) is 0 Å². The Balaban J connectivity index is 1.79. The van der Waals surface area contributed by atoms with Crippen LogP contribution in [0.15, 0.2) is 84.9 Å². The second kappa shape index (κ2) is 7.71. The minimum Gasteiger partial charge on any atom is -0.380 e. The highest BCUT2D eigenvalue weighted by Gasteiger charge is 2.21. The number of rotatable bonds is 6. The van der Waals surface area contributed by atoms with E-state index in [0.717, 1.165) is 18.4 Å². The monoisotopic (exact) mass is 316 g/mol. The molecule has 1 N–H and O–H groups in total. The van der Waals surface area contributed by atoms with Crippen LogP contribution in [-0.2, 0) is 12.8 Å². The molecule has 0 aliphatic carbocycles. The molecular formula is C22H20O2. The molecule has 0 aliphatic rings. The Labute approximate surface area is 142 Å². The van der Waals surface area contributed by atoms with Crippen LogP contribution in [0.5, 0.6) is 0 Å². The molecule has 1 atom stereocenters. The summed E-state index contributed by atoms with van der Waals surface area (Å²) in [6.07, 6.45) is 0.518. The fourth-order valence-corrected chi connectivity index (χ4v) is 2.84. The molecule has 2 heteroatoms. The van der Waals surface area contributed by atoms with Crippen molar-refractivity contribution in [1.82, 2.24) is 0 Å². The number of aliphatic hydroxyl groups excluding tert-OH is 1. The molecule has 0 aromatic heterocycles. The number of hydrogen-bond acceptors (Lipinski definition) is 2. The van der Waals surface area contributed by atoms with Gasteiger partial charge in [0.05, 0.1) is 0 Å². The average Bonchev–Trinajstić information content (AvgIpc) is 2.67. The zero-order valence-electron chi connectivity index (χ0n) is 13.4. The molecule has 0 aliphatic heterocycles. The maximum atomic E-state index is 12.7. The molecule has 3 aromatic rings. The third-order valence-electron chi connectivity index (χ3n) is 4.17. The predicted molar refractivity (Wildman–Crippen MR) is 96.0 cm³/mol. The molecule has 0 spiro atoms. The van der Waals surface area contributed by atoms with Gasteiger partial charge in [0.25, 0.3) is 0 Å². The number of benzene rings is 3. The van der Waals surface area contributed by atoms with Gasteiger partial charge in [0.1, 0.15) is 6.10 Å². The summed E-state index contributed by atoms with van der Waals surface area (Å²) in [5, 5.41) is 10.4. The first-order chi connectivity index (χ1) is 11.8. The minimum absolute atomic E-state index is 0.245. The van der Waals surface area contributed by atoms with Crippen LogP contribution < -0.4 is 0 Å². The molecule has 3 rings (SSSR count). The smallest absolute Gasteiger partial charge is 0.196 e. The molecule has 24 heavy (non-hydrogen) atoms. The van der Waals surface area contributed by atoms with Gasteiger partial charge in [-0.25, -0.2) is 0 Å². The summed E-state index contributed by atoms with van der Waals surface area (Å²) >= 11 is 0. The van der Waals surface area contributed by atoms with Crippen LogP contribution in [0.2, 0.25) is 0 Å². The van der Waals surface area contributed by atoms with Crippen molar-refractivity contribution in [3.8, 4) is 0 Å². The van der Waals surface area contributed by atoms with Crippen LogP contribution in [0.25, 0.3) is 0 Å². The second-order valence-electron chi connectivity index (χ2n) is 5.82. The normalized spacial score (nSPS) is 11.9. The van der Waals surface area contributed by atoms with Gasteiger partial charge in [-0.1, -0.05) is 84.9 Å². The van der Waals surface area contributed by atoms with Gasteiger partial charge in [-0.3, -0.25) is 4.79 Å². The summed E-state index contributed by atoms with van der Waals surface area (Å²) < 4.78 is 0. The first kappa shape index (κ1) is 16.2. The topological polar surface area (TPSA) is 37.3 Å². The fourth-order valence-electron chi connectivity index (χ4n) is 2.84. The molecule has 120 valence electrons. The molecule has 0 saturated heterocycles. The Kier molecular flexibility index (Phi) is 5.19. The van der Waals surface area contributed by atoms with E-state index < -0.39 is 6.10 Å². The van der Waals surface area contributed by atoms with Crippen molar-refractivity contribution >= 4 is 5.78 Å². The fraction of sp³-hybridized carbons (Fsp3) is 0.136. The van der Waals surface area contributed by atoms with Gasteiger partial charge in [0.2, 0.25) is 0 Å². The van der Waals surface area contributed by atoms with E-state index in [0.29, 0.717) is 11.1 Å². The summed E-state index contributed by atoms with van der Waals surface area (Å²) in [5.74, 6) is -0.245. The first-order valence-corrected chi connectivity index (χ1v) is 8.15. The lowest BCUT2D eigenvalue weighted by atomic mass is 9.93. The zero-order valence-corrected chi connectivity index (χ0v) is 13.4. The van der Waals surface area contributed by atoms with Crippen molar-refractivity contribution in [2.24, 2.45) is 0 Å². The molecule has 0 fully saturated rings. The van der Waals surface area contributed by atoms with Crippen LogP contribution in [0.1, 0.15) is 33.2 Å². The van der Waals surface area contributed by atoms with E-state index >= 15 is 0 Å². The van der Waals surface area contributed by atoms with Crippen molar-refractivity contribution in [1.29, 1.82) is 0 Å². The SMILES string of the molecule is O=C(c1ccccc1CCc1ccccc1)C(O)c1ccccc1. The Morgan fingerprint density at radius 3 is 2.04 bits per heavy atom. The van der Waals surface area contributed by atoms with Crippen LogP contribution in [0, 0.1) is 0 Å². The second-order valence-corrected chi connectivity index (χ2v) is 5.82.